The van der Waals surface area contributed by atoms with Gasteiger partial charge in [-0.05, 0) is 54.2 Å². The number of hydrogen-bond acceptors (Lipinski definition) is 5. The van der Waals surface area contributed by atoms with Crippen molar-refractivity contribution < 1.29 is 4.79 Å². The number of nitrogens with zero attached hydrogens (tertiary/aromatic N) is 3. The van der Waals surface area contributed by atoms with Crippen LogP contribution in [0.1, 0.15) is 55.1 Å². The van der Waals surface area contributed by atoms with Crippen LogP contribution in [0.25, 0.3) is 0 Å². The Balaban J connectivity index is 1.63. The number of amides is 1. The third-order valence-corrected chi connectivity index (χ3v) is 6.62. The first kappa shape index (κ1) is 25.3. The summed E-state index contributed by atoms with van der Waals surface area (Å²) in [4.78, 5) is 45.0. The molecule has 0 aliphatic carbocycles. The van der Waals surface area contributed by atoms with E-state index >= 15 is 0 Å². The quantitative estimate of drug-likeness (QED) is 0.501. The van der Waals surface area contributed by atoms with E-state index in [1.54, 1.807) is 12.1 Å². The third-order valence-electron chi connectivity index (χ3n) is 6.62. The number of carbonyl (C=O) groups excluding carboxylic acids is 1. The monoisotopic (exact) mass is 489 g/mol. The number of rotatable bonds is 8. The van der Waals surface area contributed by atoms with Crippen molar-refractivity contribution in [3.63, 3.8) is 0 Å². The number of nitrogens with two attached hydrogens (primary N) is 1. The molecule has 1 amide bonds. The summed E-state index contributed by atoms with van der Waals surface area (Å²) >= 11 is 0. The molecule has 3 aromatic rings. The van der Waals surface area contributed by atoms with E-state index in [0.717, 1.165) is 38.0 Å². The van der Waals surface area contributed by atoms with Crippen LogP contribution in [0.5, 0.6) is 0 Å². The number of unbranched alkanes of at least 4 members (excludes halogenated alkanes) is 1. The highest BCUT2D eigenvalue weighted by molar-refractivity contribution is 6.07. The van der Waals surface area contributed by atoms with Crippen molar-refractivity contribution in [1.82, 2.24) is 9.55 Å². The van der Waals surface area contributed by atoms with Gasteiger partial charge in [-0.15, -0.1) is 0 Å². The maximum atomic E-state index is 13.7. The first-order chi connectivity index (χ1) is 17.3. The molecule has 2 heterocycles. The number of benzene rings is 2. The second kappa shape index (κ2) is 10.8. The van der Waals surface area contributed by atoms with Crippen LogP contribution in [0.4, 0.5) is 17.2 Å². The first-order valence-electron chi connectivity index (χ1n) is 12.7. The summed E-state index contributed by atoms with van der Waals surface area (Å²) in [7, 11) is 0. The van der Waals surface area contributed by atoms with Crippen molar-refractivity contribution in [2.24, 2.45) is 5.92 Å². The van der Waals surface area contributed by atoms with Crippen LogP contribution in [0, 0.1) is 5.92 Å². The fraction of sp³-hybridized carbons (Fsp3) is 0.393. The molecule has 1 aliphatic rings. The minimum absolute atomic E-state index is 0.0230. The van der Waals surface area contributed by atoms with Gasteiger partial charge in [-0.2, -0.15) is 0 Å². The second-order valence-electron chi connectivity index (χ2n) is 9.80. The zero-order valence-corrected chi connectivity index (χ0v) is 21.3. The molecule has 0 unspecified atom stereocenters. The highest BCUT2D eigenvalue weighted by Crippen LogP contribution is 2.26. The van der Waals surface area contributed by atoms with E-state index in [0.29, 0.717) is 18.7 Å². The van der Waals surface area contributed by atoms with E-state index in [-0.39, 0.29) is 23.3 Å². The van der Waals surface area contributed by atoms with Crippen molar-refractivity contribution in [1.29, 1.82) is 0 Å². The van der Waals surface area contributed by atoms with Crippen LogP contribution in [-0.4, -0.2) is 28.5 Å². The van der Waals surface area contributed by atoms with Crippen LogP contribution >= 0.6 is 0 Å². The lowest BCUT2D eigenvalue weighted by Gasteiger charge is -2.31. The largest absolute Gasteiger partial charge is 0.383 e. The maximum absolute atomic E-state index is 13.7. The van der Waals surface area contributed by atoms with Gasteiger partial charge in [-0.1, -0.05) is 51.5 Å². The molecule has 0 atom stereocenters. The van der Waals surface area contributed by atoms with Gasteiger partial charge in [0.15, 0.2) is 5.69 Å². The van der Waals surface area contributed by atoms with Gasteiger partial charge < -0.3 is 15.5 Å². The topological polar surface area (TPSA) is 104 Å². The van der Waals surface area contributed by atoms with E-state index in [2.05, 4.69) is 34.1 Å². The molecule has 1 aromatic heterocycles. The Hall–Kier alpha value is -3.81. The van der Waals surface area contributed by atoms with Gasteiger partial charge in [0.1, 0.15) is 5.82 Å². The van der Waals surface area contributed by atoms with Crippen molar-refractivity contribution in [2.45, 2.75) is 53.1 Å². The van der Waals surface area contributed by atoms with E-state index in [9.17, 15) is 14.4 Å². The number of anilines is 3. The molecule has 8 heteroatoms. The van der Waals surface area contributed by atoms with E-state index < -0.39 is 11.2 Å². The van der Waals surface area contributed by atoms with Gasteiger partial charge >= 0.3 is 5.69 Å². The van der Waals surface area contributed by atoms with Crippen LogP contribution < -0.4 is 26.8 Å². The molecule has 8 nitrogen and oxygen atoms in total. The Labute approximate surface area is 211 Å². The standard InChI is InChI=1S/C28H35N5O3/c1-4-5-15-32-25(29)24(26(34)30-28(32)36)33(17-19(2)3)27(35)21-10-12-23(13-11-21)31-16-14-20-8-6-7-9-22(20)18-31/h6-13,19H,4-5,14-18,29H2,1-3H3,(H,30,34,36). The van der Waals surface area contributed by atoms with Crippen molar-refractivity contribution in [3.05, 3.63) is 86.1 Å². The number of hydrogen-bond donors (Lipinski definition) is 2. The molecule has 0 spiro atoms. The molecule has 0 fully saturated rings. The summed E-state index contributed by atoms with van der Waals surface area (Å²) in [5, 5.41) is 0. The molecular weight excluding hydrogens is 454 g/mol. The second-order valence-corrected chi connectivity index (χ2v) is 9.80. The Kier molecular flexibility index (Phi) is 7.62. The molecular formula is C28H35N5O3. The zero-order valence-electron chi connectivity index (χ0n) is 21.3. The van der Waals surface area contributed by atoms with Crippen LogP contribution in [0.3, 0.4) is 0 Å². The summed E-state index contributed by atoms with van der Waals surface area (Å²) in [6.07, 6.45) is 2.58. The van der Waals surface area contributed by atoms with Crippen molar-refractivity contribution >= 4 is 23.1 Å². The average molecular weight is 490 g/mol. The summed E-state index contributed by atoms with van der Waals surface area (Å²) in [5.41, 5.74) is 9.35. The number of aromatic amines is 1. The Morgan fingerprint density at radius 2 is 1.78 bits per heavy atom. The minimum Gasteiger partial charge on any atom is -0.383 e. The molecule has 3 N–H and O–H groups in total. The van der Waals surface area contributed by atoms with Gasteiger partial charge in [0.2, 0.25) is 0 Å². The lowest BCUT2D eigenvalue weighted by Crippen LogP contribution is -2.42. The summed E-state index contributed by atoms with van der Waals surface area (Å²) in [6, 6.07) is 16.0. The van der Waals surface area contributed by atoms with Gasteiger partial charge in [0.25, 0.3) is 11.5 Å². The Morgan fingerprint density at radius 1 is 1.08 bits per heavy atom. The van der Waals surface area contributed by atoms with Crippen LogP contribution in [0.2, 0.25) is 0 Å². The fourth-order valence-electron chi connectivity index (χ4n) is 4.70. The SMILES string of the molecule is CCCCn1c(N)c(N(CC(C)C)C(=O)c2ccc(N3CCc4ccccc4C3)cc2)c(=O)[nH]c1=O. The van der Waals surface area contributed by atoms with Gasteiger partial charge in [0, 0.05) is 37.4 Å². The predicted octanol–water partition coefficient (Wildman–Crippen LogP) is 3.78. The summed E-state index contributed by atoms with van der Waals surface area (Å²) < 4.78 is 1.35. The minimum atomic E-state index is -0.650. The average Bonchev–Trinajstić information content (AvgIpc) is 2.87. The first-order valence-corrected chi connectivity index (χ1v) is 12.7. The van der Waals surface area contributed by atoms with Crippen molar-refractivity contribution in [2.75, 3.05) is 28.6 Å². The number of carbonyl (C=O) groups is 1. The molecule has 0 saturated carbocycles. The number of aromatic nitrogens is 2. The lowest BCUT2D eigenvalue weighted by atomic mass is 9.99. The van der Waals surface area contributed by atoms with E-state index in [1.165, 1.54) is 20.6 Å². The molecule has 190 valence electrons. The molecule has 4 rings (SSSR count). The molecule has 2 aromatic carbocycles. The van der Waals surface area contributed by atoms with E-state index in [1.807, 2.05) is 32.9 Å². The normalized spacial score (nSPS) is 13.1. The van der Waals surface area contributed by atoms with Gasteiger partial charge in [0.05, 0.1) is 0 Å². The predicted molar refractivity (Wildman–Crippen MR) is 145 cm³/mol. The van der Waals surface area contributed by atoms with E-state index in [4.69, 9.17) is 5.73 Å². The summed E-state index contributed by atoms with van der Waals surface area (Å²) in [6.45, 7) is 8.35. The highest BCUT2D eigenvalue weighted by atomic mass is 16.2. The maximum Gasteiger partial charge on any atom is 0.330 e. The zero-order chi connectivity index (χ0) is 25.8. The number of nitrogens with one attached hydrogen (secondary N) is 1. The number of H-pyrrole nitrogens is 1. The molecule has 36 heavy (non-hydrogen) atoms. The van der Waals surface area contributed by atoms with Crippen molar-refractivity contribution in [3.8, 4) is 0 Å². The highest BCUT2D eigenvalue weighted by Gasteiger charge is 2.26. The molecule has 0 radical (unpaired) electrons. The fourth-order valence-corrected chi connectivity index (χ4v) is 4.70. The number of fused-ring (bicyclic) bond motifs is 1. The lowest BCUT2D eigenvalue weighted by molar-refractivity contribution is 0.0983. The Bertz CT molecular complexity index is 1340. The molecule has 1 aliphatic heterocycles. The Morgan fingerprint density at radius 3 is 2.44 bits per heavy atom. The number of nitrogen functional groups attached to an aromatic ring is 1. The third kappa shape index (κ3) is 5.22. The van der Waals surface area contributed by atoms with Gasteiger partial charge in [-0.25, -0.2) is 4.79 Å². The molecule has 0 bridgehead atoms. The summed E-state index contributed by atoms with van der Waals surface area (Å²) in [5.74, 6) is -0.219. The van der Waals surface area contributed by atoms with Crippen LogP contribution in [0.15, 0.2) is 58.1 Å². The molecule has 0 saturated heterocycles. The van der Waals surface area contributed by atoms with Crippen LogP contribution in [-0.2, 0) is 19.5 Å². The van der Waals surface area contributed by atoms with Gasteiger partial charge in [-0.3, -0.25) is 19.1 Å². The smallest absolute Gasteiger partial charge is 0.330 e.